The lowest BCUT2D eigenvalue weighted by atomic mass is 10.2. The van der Waals surface area contributed by atoms with E-state index in [2.05, 4.69) is 20.6 Å². The molecule has 3 aromatic rings. The Bertz CT molecular complexity index is 1180. The average molecular weight is 446 g/mol. The third-order valence-electron chi connectivity index (χ3n) is 3.71. The summed E-state index contributed by atoms with van der Waals surface area (Å²) in [6, 6.07) is 11.8. The summed E-state index contributed by atoms with van der Waals surface area (Å²) in [5.41, 5.74) is 0.729. The van der Waals surface area contributed by atoms with Crippen LogP contribution in [0.1, 0.15) is 5.56 Å². The molecule has 1 amide bonds. The highest BCUT2D eigenvalue weighted by atomic mass is 35.5. The Balaban J connectivity index is 1.68. The second kappa shape index (κ2) is 9.81. The number of rotatable bonds is 7. The molecule has 0 saturated heterocycles. The number of H-pyrrole nitrogens is 1. The summed E-state index contributed by atoms with van der Waals surface area (Å²) in [6.45, 7) is -0.224. The van der Waals surface area contributed by atoms with Crippen molar-refractivity contribution >= 4 is 41.6 Å². The largest absolute Gasteiger partial charge is 0.493 e. The molecule has 9 nitrogen and oxygen atoms in total. The molecule has 2 aromatic carbocycles. The number of nitrogens with one attached hydrogen (secondary N) is 2. The number of hydrogen-bond donors (Lipinski definition) is 2. The number of hydrogen-bond acceptors (Lipinski definition) is 7. The van der Waals surface area contributed by atoms with Crippen LogP contribution >= 0.6 is 23.8 Å². The quantitative estimate of drug-likeness (QED) is 0.427. The van der Waals surface area contributed by atoms with E-state index in [9.17, 15) is 9.59 Å². The van der Waals surface area contributed by atoms with Crippen LogP contribution in [0.25, 0.3) is 0 Å². The van der Waals surface area contributed by atoms with Gasteiger partial charge in [-0.05, 0) is 54.2 Å². The molecule has 0 aliphatic carbocycles. The van der Waals surface area contributed by atoms with Gasteiger partial charge in [0, 0.05) is 10.7 Å². The number of carbonyl (C=O) groups is 1. The van der Waals surface area contributed by atoms with E-state index in [1.54, 1.807) is 42.5 Å². The molecule has 0 atom stereocenters. The second-order valence-electron chi connectivity index (χ2n) is 5.83. The van der Waals surface area contributed by atoms with Gasteiger partial charge in [-0.3, -0.25) is 14.7 Å². The smallest absolute Gasteiger partial charge is 0.293 e. The highest BCUT2D eigenvalue weighted by Crippen LogP contribution is 2.27. The number of aromatic amines is 1. The molecule has 154 valence electrons. The van der Waals surface area contributed by atoms with Crippen molar-refractivity contribution in [1.82, 2.24) is 14.9 Å². The number of ether oxygens (including phenoxy) is 2. The lowest BCUT2D eigenvalue weighted by Crippen LogP contribution is -2.20. The van der Waals surface area contributed by atoms with Crippen molar-refractivity contribution in [2.45, 2.75) is 0 Å². The molecule has 0 spiro atoms. The molecule has 3 rings (SSSR count). The van der Waals surface area contributed by atoms with Crippen molar-refractivity contribution in [3.63, 3.8) is 0 Å². The summed E-state index contributed by atoms with van der Waals surface area (Å²) < 4.78 is 11.9. The monoisotopic (exact) mass is 445 g/mol. The molecule has 0 fully saturated rings. The SMILES string of the molecule is COc1cc(/C=N/n2c(=O)cn[nH]c2=S)ccc1OCC(=O)Nc1cccc(Cl)c1. The molecular weight excluding hydrogens is 430 g/mol. The van der Waals surface area contributed by atoms with Crippen molar-refractivity contribution in [1.29, 1.82) is 0 Å². The third kappa shape index (κ3) is 5.52. The van der Waals surface area contributed by atoms with E-state index in [1.165, 1.54) is 13.3 Å². The molecule has 0 radical (unpaired) electrons. The lowest BCUT2D eigenvalue weighted by molar-refractivity contribution is -0.118. The van der Waals surface area contributed by atoms with Crippen molar-refractivity contribution in [3.05, 3.63) is 74.4 Å². The van der Waals surface area contributed by atoms with Crippen LogP contribution in [-0.2, 0) is 4.79 Å². The lowest BCUT2D eigenvalue weighted by Gasteiger charge is -2.11. The summed E-state index contributed by atoms with van der Waals surface area (Å²) in [4.78, 5) is 23.8. The first-order chi connectivity index (χ1) is 14.5. The van der Waals surface area contributed by atoms with E-state index in [0.717, 1.165) is 10.9 Å². The fourth-order valence-corrected chi connectivity index (χ4v) is 2.75. The third-order valence-corrected chi connectivity index (χ3v) is 4.21. The number of anilines is 1. The van der Waals surface area contributed by atoms with Crippen molar-refractivity contribution in [3.8, 4) is 11.5 Å². The number of aromatic nitrogens is 3. The molecule has 30 heavy (non-hydrogen) atoms. The zero-order chi connectivity index (χ0) is 21.5. The average Bonchev–Trinajstić information content (AvgIpc) is 2.72. The summed E-state index contributed by atoms with van der Waals surface area (Å²) in [5.74, 6) is 0.409. The highest BCUT2D eigenvalue weighted by Gasteiger charge is 2.09. The molecule has 1 aromatic heterocycles. The number of nitrogens with zero attached hydrogens (tertiary/aromatic N) is 3. The first kappa shape index (κ1) is 21.2. The van der Waals surface area contributed by atoms with Crippen molar-refractivity contribution < 1.29 is 14.3 Å². The Morgan fingerprint density at radius 1 is 1.33 bits per heavy atom. The first-order valence-corrected chi connectivity index (χ1v) is 9.32. The Morgan fingerprint density at radius 3 is 2.90 bits per heavy atom. The van der Waals surface area contributed by atoms with Gasteiger partial charge in [0.1, 0.15) is 6.20 Å². The van der Waals surface area contributed by atoms with Crippen LogP contribution in [0.4, 0.5) is 5.69 Å². The van der Waals surface area contributed by atoms with Crippen LogP contribution in [0.15, 0.2) is 58.6 Å². The van der Waals surface area contributed by atoms with Gasteiger partial charge in [0.25, 0.3) is 11.5 Å². The van der Waals surface area contributed by atoms with Crippen LogP contribution in [0.2, 0.25) is 5.02 Å². The zero-order valence-corrected chi connectivity index (χ0v) is 17.2. The predicted molar refractivity (Wildman–Crippen MR) is 115 cm³/mol. The molecule has 2 N–H and O–H groups in total. The number of benzene rings is 2. The molecule has 0 bridgehead atoms. The predicted octanol–water partition coefficient (Wildman–Crippen LogP) is 2.86. The van der Waals surface area contributed by atoms with Gasteiger partial charge in [0.15, 0.2) is 18.1 Å². The van der Waals surface area contributed by atoms with E-state index < -0.39 is 5.56 Å². The zero-order valence-electron chi connectivity index (χ0n) is 15.7. The van der Waals surface area contributed by atoms with Gasteiger partial charge in [-0.15, -0.1) is 0 Å². The van der Waals surface area contributed by atoms with Gasteiger partial charge in [-0.2, -0.15) is 14.9 Å². The van der Waals surface area contributed by atoms with E-state index in [-0.39, 0.29) is 17.3 Å². The maximum absolute atomic E-state index is 12.1. The highest BCUT2D eigenvalue weighted by molar-refractivity contribution is 7.71. The molecule has 0 aliphatic rings. The number of methoxy groups -OCH3 is 1. The first-order valence-electron chi connectivity index (χ1n) is 8.53. The minimum atomic E-state index is -0.465. The van der Waals surface area contributed by atoms with E-state index in [1.807, 2.05) is 0 Å². The van der Waals surface area contributed by atoms with E-state index in [0.29, 0.717) is 27.8 Å². The number of carbonyl (C=O) groups excluding carboxylic acids is 1. The van der Waals surface area contributed by atoms with Crippen LogP contribution in [0.5, 0.6) is 11.5 Å². The molecule has 0 aliphatic heterocycles. The molecular formula is C19H16ClN5O4S. The van der Waals surface area contributed by atoms with Gasteiger partial charge in [-0.25, -0.2) is 0 Å². The summed E-state index contributed by atoms with van der Waals surface area (Å²) >= 11 is 10.9. The molecule has 1 heterocycles. The van der Waals surface area contributed by atoms with Crippen LogP contribution in [0.3, 0.4) is 0 Å². The Kier molecular flexibility index (Phi) is 6.94. The minimum absolute atomic E-state index is 0.0661. The summed E-state index contributed by atoms with van der Waals surface area (Å²) in [6.07, 6.45) is 2.50. The molecule has 0 saturated carbocycles. The van der Waals surface area contributed by atoms with E-state index in [4.69, 9.17) is 33.3 Å². The maximum Gasteiger partial charge on any atom is 0.293 e. The van der Waals surface area contributed by atoms with Gasteiger partial charge in [-0.1, -0.05) is 17.7 Å². The van der Waals surface area contributed by atoms with Crippen LogP contribution < -0.4 is 20.3 Å². The van der Waals surface area contributed by atoms with Crippen LogP contribution in [0, 0.1) is 4.77 Å². The van der Waals surface area contributed by atoms with Gasteiger partial charge in [0.05, 0.1) is 13.3 Å². The Hall–Kier alpha value is -3.50. The van der Waals surface area contributed by atoms with Gasteiger partial charge < -0.3 is 14.8 Å². The summed E-state index contributed by atoms with van der Waals surface area (Å²) in [5, 5.41) is 13.3. The second-order valence-corrected chi connectivity index (χ2v) is 6.65. The fraction of sp³-hybridized carbons (Fsp3) is 0.105. The van der Waals surface area contributed by atoms with Gasteiger partial charge >= 0.3 is 0 Å². The minimum Gasteiger partial charge on any atom is -0.493 e. The topological polar surface area (TPSA) is 111 Å². The Morgan fingerprint density at radius 2 is 2.17 bits per heavy atom. The van der Waals surface area contributed by atoms with E-state index >= 15 is 0 Å². The standard InChI is InChI=1S/C19H16ClN5O4S/c1-28-16-7-12(9-22-25-18(27)10-21-24-19(25)30)5-6-15(16)29-11-17(26)23-14-4-2-3-13(20)8-14/h2-10H,11H2,1H3,(H,23,26)(H,24,30)/b22-9+. The normalized spacial score (nSPS) is 10.7. The van der Waals surface area contributed by atoms with Crippen molar-refractivity contribution in [2.75, 3.05) is 19.0 Å². The Labute approximate surface area is 180 Å². The van der Waals surface area contributed by atoms with Gasteiger partial charge in [0.2, 0.25) is 4.77 Å². The molecule has 11 heteroatoms. The summed E-state index contributed by atoms with van der Waals surface area (Å²) in [7, 11) is 1.47. The maximum atomic E-state index is 12.1. The fourth-order valence-electron chi connectivity index (χ4n) is 2.37. The van der Waals surface area contributed by atoms with Crippen molar-refractivity contribution in [2.24, 2.45) is 5.10 Å². The number of halogens is 1. The molecule has 0 unspecified atom stereocenters. The van der Waals surface area contributed by atoms with Crippen LogP contribution in [-0.4, -0.2) is 40.7 Å². The number of amides is 1.